The third kappa shape index (κ3) is 9.27. The number of carbonyl (C=O) groups excluding carboxylic acids is 3. The van der Waals surface area contributed by atoms with Crippen molar-refractivity contribution in [2.24, 2.45) is 5.10 Å². The minimum atomic E-state index is -4.61. The number of para-hydroxylation sites is 1. The van der Waals surface area contributed by atoms with E-state index in [9.17, 15) is 27.6 Å². The summed E-state index contributed by atoms with van der Waals surface area (Å²) in [5, 5.41) is 8.43. The number of ether oxygens (including phenoxy) is 3. The van der Waals surface area contributed by atoms with Gasteiger partial charge in [0, 0.05) is 6.54 Å². The second-order valence-electron chi connectivity index (χ2n) is 8.34. The van der Waals surface area contributed by atoms with E-state index in [1.807, 2.05) is 6.07 Å². The number of anilines is 1. The number of hydrogen-bond acceptors (Lipinski definition) is 7. The van der Waals surface area contributed by atoms with Gasteiger partial charge in [-0.05, 0) is 66.1 Å². The van der Waals surface area contributed by atoms with E-state index in [0.717, 1.165) is 17.7 Å². The van der Waals surface area contributed by atoms with Gasteiger partial charge >= 0.3 is 18.0 Å². The van der Waals surface area contributed by atoms with Gasteiger partial charge in [-0.1, -0.05) is 18.2 Å². The number of carbonyl (C=O) groups is 3. The lowest BCUT2D eigenvalue weighted by Crippen LogP contribution is -2.38. The van der Waals surface area contributed by atoms with Crippen molar-refractivity contribution in [2.45, 2.75) is 12.6 Å². The van der Waals surface area contributed by atoms with Crippen molar-refractivity contribution in [3.8, 4) is 17.2 Å². The molecular weight excluding hydrogens is 545 g/mol. The summed E-state index contributed by atoms with van der Waals surface area (Å²) < 4.78 is 54.9. The van der Waals surface area contributed by atoms with Crippen LogP contribution < -0.4 is 30.3 Å². The van der Waals surface area contributed by atoms with E-state index in [-0.39, 0.29) is 18.0 Å². The van der Waals surface area contributed by atoms with Gasteiger partial charge in [0.2, 0.25) is 0 Å². The summed E-state index contributed by atoms with van der Waals surface area (Å²) in [5.74, 6) is -1.16. The summed E-state index contributed by atoms with van der Waals surface area (Å²) in [6.07, 6.45) is -2.86. The Balaban J connectivity index is 1.40. The third-order valence-corrected chi connectivity index (χ3v) is 5.49. The maximum atomic E-state index is 13.1. The van der Waals surface area contributed by atoms with Crippen LogP contribution in [0.25, 0.3) is 0 Å². The first-order valence-corrected chi connectivity index (χ1v) is 12.1. The predicted octanol–water partition coefficient (Wildman–Crippen LogP) is 3.55. The second-order valence-corrected chi connectivity index (χ2v) is 8.34. The quantitative estimate of drug-likeness (QED) is 0.183. The van der Waals surface area contributed by atoms with Crippen molar-refractivity contribution in [1.82, 2.24) is 10.7 Å². The van der Waals surface area contributed by atoms with Crippen LogP contribution >= 0.6 is 0 Å². The molecule has 3 aromatic rings. The van der Waals surface area contributed by atoms with E-state index >= 15 is 0 Å². The number of nitrogens with zero attached hydrogens (tertiary/aromatic N) is 1. The highest BCUT2D eigenvalue weighted by atomic mass is 19.4. The Kier molecular flexibility index (Phi) is 10.7. The van der Waals surface area contributed by atoms with Crippen LogP contribution in [-0.2, 0) is 27.0 Å². The average molecular weight is 573 g/mol. The molecule has 0 saturated heterocycles. The topological polar surface area (TPSA) is 127 Å². The van der Waals surface area contributed by atoms with Crippen LogP contribution in [0, 0.1) is 0 Å². The van der Waals surface area contributed by atoms with Gasteiger partial charge in [0.25, 0.3) is 5.91 Å². The monoisotopic (exact) mass is 572 g/mol. The molecule has 0 saturated carbocycles. The molecular formula is C28H27F3N4O6. The Bertz CT molecular complexity index is 1390. The molecule has 3 amide bonds. The van der Waals surface area contributed by atoms with Crippen LogP contribution in [-0.4, -0.2) is 51.3 Å². The summed E-state index contributed by atoms with van der Waals surface area (Å²) in [6.45, 7) is -0.309. The molecule has 0 aliphatic rings. The number of nitrogens with one attached hydrogen (secondary N) is 3. The zero-order valence-corrected chi connectivity index (χ0v) is 22.1. The van der Waals surface area contributed by atoms with Crippen molar-refractivity contribution < 1.29 is 41.8 Å². The minimum absolute atomic E-state index is 0.208. The lowest BCUT2D eigenvalue weighted by molar-refractivity contribution is -0.139. The normalized spacial score (nSPS) is 11.0. The molecule has 41 heavy (non-hydrogen) atoms. The van der Waals surface area contributed by atoms with Crippen LogP contribution in [0.15, 0.2) is 71.8 Å². The van der Waals surface area contributed by atoms with E-state index in [1.165, 1.54) is 44.7 Å². The standard InChI is InChI=1S/C28H27F3N4O6/c1-39-23-12-9-18(15-24(23)40-2)13-14-32-26(37)27(38)35-33-16-19-7-10-20(11-8-19)41-17-25(36)34-22-6-4-3-5-21(22)28(29,30)31/h3-12,15-16H,13-14,17H2,1-2H3,(H,32,37)(H,34,36)(H,35,38)/b33-16-. The number of alkyl halides is 3. The summed E-state index contributed by atoms with van der Waals surface area (Å²) in [4.78, 5) is 36.1. The van der Waals surface area contributed by atoms with E-state index in [0.29, 0.717) is 23.5 Å². The highest BCUT2D eigenvalue weighted by Gasteiger charge is 2.33. The fraction of sp³-hybridized carbons (Fsp3) is 0.214. The first-order chi connectivity index (χ1) is 19.6. The molecule has 0 aliphatic carbocycles. The molecule has 3 rings (SSSR count). The van der Waals surface area contributed by atoms with Gasteiger partial charge in [0.1, 0.15) is 5.75 Å². The summed E-state index contributed by atoms with van der Waals surface area (Å²) >= 11 is 0. The lowest BCUT2D eigenvalue weighted by atomic mass is 10.1. The number of benzene rings is 3. The molecule has 0 fully saturated rings. The molecule has 0 unspecified atom stereocenters. The molecule has 0 bridgehead atoms. The van der Waals surface area contributed by atoms with E-state index in [2.05, 4.69) is 21.2 Å². The first-order valence-electron chi connectivity index (χ1n) is 12.1. The maximum Gasteiger partial charge on any atom is 0.418 e. The van der Waals surface area contributed by atoms with E-state index in [1.54, 1.807) is 24.3 Å². The number of methoxy groups -OCH3 is 2. The number of hydrogen-bond donors (Lipinski definition) is 3. The van der Waals surface area contributed by atoms with Crippen LogP contribution in [0.1, 0.15) is 16.7 Å². The van der Waals surface area contributed by atoms with Crippen LogP contribution in [0.2, 0.25) is 0 Å². The fourth-order valence-electron chi connectivity index (χ4n) is 3.48. The third-order valence-electron chi connectivity index (χ3n) is 5.49. The average Bonchev–Trinajstić information content (AvgIpc) is 2.96. The van der Waals surface area contributed by atoms with Crippen molar-refractivity contribution in [2.75, 3.05) is 32.7 Å². The molecule has 0 aromatic heterocycles. The lowest BCUT2D eigenvalue weighted by Gasteiger charge is -2.13. The smallest absolute Gasteiger partial charge is 0.418 e. The molecule has 216 valence electrons. The summed E-state index contributed by atoms with van der Waals surface area (Å²) in [5.41, 5.74) is 2.21. The van der Waals surface area contributed by atoms with Crippen molar-refractivity contribution in [3.63, 3.8) is 0 Å². The van der Waals surface area contributed by atoms with Crippen LogP contribution in [0.3, 0.4) is 0 Å². The Labute approximate surface area is 233 Å². The molecule has 13 heteroatoms. The molecule has 0 aliphatic heterocycles. The van der Waals surface area contributed by atoms with Crippen LogP contribution in [0.4, 0.5) is 18.9 Å². The molecule has 10 nitrogen and oxygen atoms in total. The highest BCUT2D eigenvalue weighted by molar-refractivity contribution is 6.35. The molecule has 0 heterocycles. The zero-order chi connectivity index (χ0) is 29.8. The van der Waals surface area contributed by atoms with Crippen molar-refractivity contribution in [3.05, 3.63) is 83.4 Å². The summed E-state index contributed by atoms with van der Waals surface area (Å²) in [7, 11) is 3.05. The molecule has 0 atom stereocenters. The molecule has 0 radical (unpaired) electrons. The van der Waals surface area contributed by atoms with E-state index < -0.39 is 36.1 Å². The van der Waals surface area contributed by atoms with Gasteiger partial charge < -0.3 is 24.8 Å². The van der Waals surface area contributed by atoms with Gasteiger partial charge in [-0.15, -0.1) is 0 Å². The summed E-state index contributed by atoms with van der Waals surface area (Å²) in [6, 6.07) is 16.1. The Morgan fingerprint density at radius 3 is 2.29 bits per heavy atom. The van der Waals surface area contributed by atoms with Gasteiger partial charge in [0.05, 0.1) is 31.7 Å². The van der Waals surface area contributed by atoms with Gasteiger partial charge in [-0.3, -0.25) is 14.4 Å². The van der Waals surface area contributed by atoms with Crippen molar-refractivity contribution >= 4 is 29.6 Å². The van der Waals surface area contributed by atoms with Gasteiger partial charge in [0.15, 0.2) is 18.1 Å². The predicted molar refractivity (Wildman–Crippen MR) is 144 cm³/mol. The SMILES string of the molecule is COc1ccc(CCNC(=O)C(=O)N/N=C\c2ccc(OCC(=O)Nc3ccccc3C(F)(F)F)cc2)cc1OC. The number of hydrazone groups is 1. The number of rotatable bonds is 11. The number of halogens is 3. The zero-order valence-electron chi connectivity index (χ0n) is 22.1. The Morgan fingerprint density at radius 2 is 1.61 bits per heavy atom. The van der Waals surface area contributed by atoms with Gasteiger partial charge in [-0.2, -0.15) is 18.3 Å². The van der Waals surface area contributed by atoms with Crippen molar-refractivity contribution in [1.29, 1.82) is 0 Å². The maximum absolute atomic E-state index is 13.1. The molecule has 0 spiro atoms. The highest BCUT2D eigenvalue weighted by Crippen LogP contribution is 2.34. The number of amides is 3. The van der Waals surface area contributed by atoms with E-state index in [4.69, 9.17) is 14.2 Å². The molecule has 3 N–H and O–H groups in total. The first kappa shape index (κ1) is 30.5. The Morgan fingerprint density at radius 1 is 0.902 bits per heavy atom. The largest absolute Gasteiger partial charge is 0.493 e. The Hall–Kier alpha value is -5.07. The minimum Gasteiger partial charge on any atom is -0.493 e. The fourth-order valence-corrected chi connectivity index (χ4v) is 3.48. The molecule has 3 aromatic carbocycles. The van der Waals surface area contributed by atoms with Gasteiger partial charge in [-0.25, -0.2) is 5.43 Å². The second kappa shape index (κ2) is 14.4. The van der Waals surface area contributed by atoms with Crippen LogP contribution in [0.5, 0.6) is 17.2 Å².